The highest BCUT2D eigenvalue weighted by Gasteiger charge is 2.34. The Morgan fingerprint density at radius 3 is 1.56 bits per heavy atom. The first-order valence-electron chi connectivity index (χ1n) is 20.3. The molecule has 62 heavy (non-hydrogen) atoms. The molecule has 2 aliphatic carbocycles. The first-order valence-corrected chi connectivity index (χ1v) is 24.0. The number of nitrogens with zero attached hydrogens (tertiary/aromatic N) is 1. The third kappa shape index (κ3) is 9.60. The van der Waals surface area contributed by atoms with Crippen molar-refractivity contribution in [2.75, 3.05) is 34.7 Å². The van der Waals surface area contributed by atoms with Gasteiger partial charge >= 0.3 is 5.97 Å². The predicted octanol–water partition coefficient (Wildman–Crippen LogP) is 10.1. The van der Waals surface area contributed by atoms with E-state index in [1.54, 1.807) is 51.1 Å². The molecule has 0 atom stereocenters. The maximum Gasteiger partial charge on any atom is 0.326 e. The van der Waals surface area contributed by atoms with Gasteiger partial charge in [-0.05, 0) is 116 Å². The molecule has 6 aromatic rings. The third-order valence-electron chi connectivity index (χ3n) is 10.7. The molecule has 2 fully saturated rings. The van der Waals surface area contributed by atoms with Crippen LogP contribution in [0, 0.1) is 11.6 Å². The molecule has 0 bridgehead atoms. The number of ether oxygens (including phenoxy) is 1. The number of carbonyl (C=O) groups is 3. The lowest BCUT2D eigenvalue weighted by Crippen LogP contribution is -2.36. The molecule has 0 spiro atoms. The van der Waals surface area contributed by atoms with Crippen molar-refractivity contribution in [2.24, 2.45) is 0 Å². The number of benzene rings is 4. The number of carbonyl (C=O) groups excluding carboxylic acids is 3. The van der Waals surface area contributed by atoms with Gasteiger partial charge in [-0.15, -0.1) is 0 Å². The van der Waals surface area contributed by atoms with Crippen LogP contribution >= 0.6 is 0 Å². The van der Waals surface area contributed by atoms with Crippen molar-refractivity contribution >= 4 is 70.9 Å². The van der Waals surface area contributed by atoms with Gasteiger partial charge in [0, 0.05) is 46.9 Å². The average molecular weight is 889 g/mol. The Hall–Kier alpha value is -5.87. The molecule has 326 valence electrons. The number of hydrogen-bond acceptors (Lipinski definition) is 10. The minimum Gasteiger partial charge on any atom is -0.465 e. The van der Waals surface area contributed by atoms with E-state index < -0.39 is 38.4 Å². The summed E-state index contributed by atoms with van der Waals surface area (Å²) in [5, 5.41) is 1.23. The van der Waals surface area contributed by atoms with Crippen molar-refractivity contribution in [2.45, 2.75) is 71.1 Å². The van der Waals surface area contributed by atoms with Crippen LogP contribution in [0.15, 0.2) is 81.6 Å². The van der Waals surface area contributed by atoms with Crippen LogP contribution in [0.2, 0.25) is 0 Å². The molecule has 4 aromatic carbocycles. The highest BCUT2D eigenvalue weighted by atomic mass is 32.2. The number of rotatable bonds is 15. The van der Waals surface area contributed by atoms with E-state index in [-0.39, 0.29) is 42.2 Å². The van der Waals surface area contributed by atoms with Crippen LogP contribution in [0.25, 0.3) is 44.6 Å². The second kappa shape index (κ2) is 17.5. The fraction of sp³-hybridized carbons (Fsp3) is 0.326. The number of halogens is 2. The highest BCUT2D eigenvalue weighted by Crippen LogP contribution is 2.49. The van der Waals surface area contributed by atoms with E-state index >= 15 is 0 Å². The molecule has 2 saturated carbocycles. The number of esters is 1. The monoisotopic (exact) mass is 888 g/mol. The third-order valence-corrected chi connectivity index (χ3v) is 12.4. The van der Waals surface area contributed by atoms with Gasteiger partial charge in [-0.3, -0.25) is 23.4 Å². The first-order chi connectivity index (χ1) is 29.4. The molecular weight excluding hydrogens is 843 g/mol. The van der Waals surface area contributed by atoms with Gasteiger partial charge in [-0.2, -0.15) is 0 Å². The Kier molecular flexibility index (Phi) is 12.5. The van der Waals surface area contributed by atoms with Crippen LogP contribution in [0.5, 0.6) is 0 Å². The number of fused-ring (bicyclic) bond motifs is 2. The molecule has 12 nitrogen and oxygen atoms in total. The van der Waals surface area contributed by atoms with E-state index in [1.807, 2.05) is 6.07 Å². The molecule has 2 aliphatic rings. The molecule has 0 saturated heterocycles. The summed E-state index contributed by atoms with van der Waals surface area (Å²) >= 11 is 0. The Morgan fingerprint density at radius 1 is 0.694 bits per heavy atom. The van der Waals surface area contributed by atoms with Gasteiger partial charge in [0.05, 0.1) is 41.6 Å². The van der Waals surface area contributed by atoms with Gasteiger partial charge < -0.3 is 13.6 Å². The highest BCUT2D eigenvalue weighted by molar-refractivity contribution is 7.92. The van der Waals surface area contributed by atoms with E-state index in [0.717, 1.165) is 53.6 Å². The summed E-state index contributed by atoms with van der Waals surface area (Å²) in [6, 6.07) is 18.3. The van der Waals surface area contributed by atoms with Crippen LogP contribution < -0.4 is 9.03 Å². The maximum atomic E-state index is 13.5. The molecular formula is C46H46F2N2O10S2. The molecule has 16 heteroatoms. The topological polar surface area (TPSA) is 170 Å². The second-order valence-corrected chi connectivity index (χ2v) is 19.2. The molecule has 8 rings (SSSR count). The fourth-order valence-corrected chi connectivity index (χ4v) is 8.92. The van der Waals surface area contributed by atoms with E-state index in [4.69, 9.17) is 13.6 Å². The number of nitrogens with one attached hydrogen (secondary N) is 1. The zero-order chi connectivity index (χ0) is 44.7. The van der Waals surface area contributed by atoms with Gasteiger partial charge in [-0.1, -0.05) is 13.8 Å². The van der Waals surface area contributed by atoms with E-state index in [2.05, 4.69) is 4.72 Å². The van der Waals surface area contributed by atoms with E-state index in [0.29, 0.717) is 73.5 Å². The second-order valence-electron chi connectivity index (χ2n) is 15.5. The number of hydrogen-bond donors (Lipinski definition) is 1. The summed E-state index contributed by atoms with van der Waals surface area (Å²) in [6.45, 7) is 4.83. The summed E-state index contributed by atoms with van der Waals surface area (Å²) in [7, 11) is -7.28. The average Bonchev–Trinajstić information content (AvgIpc) is 4.17. The predicted molar refractivity (Wildman–Crippen MR) is 234 cm³/mol. The molecule has 2 aromatic heterocycles. The van der Waals surface area contributed by atoms with Crippen molar-refractivity contribution in [3.63, 3.8) is 0 Å². The summed E-state index contributed by atoms with van der Waals surface area (Å²) in [4.78, 5) is 37.9. The van der Waals surface area contributed by atoms with Crippen molar-refractivity contribution in [3.8, 4) is 22.6 Å². The molecule has 0 aliphatic heterocycles. The van der Waals surface area contributed by atoms with Gasteiger partial charge in [0.15, 0.2) is 11.6 Å². The Labute approximate surface area is 358 Å². The standard InChI is InChI=1S/C25H26FNO6S.C21H20FNO4S/c1-4-21(28)24-19-12-18(15-6-7-15)20(27(34(3,30)31)14-23(29)32-5-2)13-22(19)33-25(24)16-8-10-17(26)11-9-16;1-3-18(24)20-16-10-15(12-4-5-12)17(23-28(2,25)26)11-19(16)27-21(20)13-6-8-14(22)9-7-13/h8-13,15H,4-7,14H2,1-3H3;6-12,23H,3-5H2,1-2H3. The molecule has 2 heterocycles. The molecule has 1 N–H and O–H groups in total. The lowest BCUT2D eigenvalue weighted by Gasteiger charge is -2.24. The number of anilines is 2. The molecule has 0 amide bonds. The lowest BCUT2D eigenvalue weighted by atomic mass is 9.97. The number of furan rings is 2. The zero-order valence-corrected chi connectivity index (χ0v) is 36.5. The van der Waals surface area contributed by atoms with Crippen molar-refractivity contribution < 1.29 is 53.6 Å². The van der Waals surface area contributed by atoms with Crippen LogP contribution in [-0.2, 0) is 29.6 Å². The van der Waals surface area contributed by atoms with Gasteiger partial charge in [0.2, 0.25) is 20.0 Å². The SMILES string of the molecule is CCC(=O)c1c(-c2ccc(F)cc2)oc2cc(NS(C)(=O)=O)c(C3CC3)cc12.CCOC(=O)CN(c1cc2oc(-c3ccc(F)cc3)c(C(=O)CC)c2cc1C1CC1)S(C)(=O)=O. The lowest BCUT2D eigenvalue weighted by molar-refractivity contribution is -0.141. The summed E-state index contributed by atoms with van der Waals surface area (Å²) in [5.74, 6) is -0.618. The van der Waals surface area contributed by atoms with Crippen molar-refractivity contribution in [1.82, 2.24) is 0 Å². The van der Waals surface area contributed by atoms with E-state index in [9.17, 15) is 40.0 Å². The quantitative estimate of drug-likeness (QED) is 0.0773. The van der Waals surface area contributed by atoms with Crippen molar-refractivity contribution in [3.05, 3.63) is 107 Å². The van der Waals surface area contributed by atoms with Gasteiger partial charge in [0.1, 0.15) is 40.9 Å². The van der Waals surface area contributed by atoms with Crippen LogP contribution in [0.1, 0.15) is 103 Å². The maximum absolute atomic E-state index is 13.5. The zero-order valence-electron chi connectivity index (χ0n) is 34.8. The minimum atomic E-state index is -3.83. The summed E-state index contributed by atoms with van der Waals surface area (Å²) in [6.07, 6.45) is 6.36. The van der Waals surface area contributed by atoms with Crippen LogP contribution in [0.4, 0.5) is 20.2 Å². The normalized spacial score (nSPS) is 14.0. The van der Waals surface area contributed by atoms with Gasteiger partial charge in [-0.25, -0.2) is 25.6 Å². The Bertz CT molecular complexity index is 2930. The summed E-state index contributed by atoms with van der Waals surface area (Å²) < 4.78 is 96.4. The largest absolute Gasteiger partial charge is 0.465 e. The summed E-state index contributed by atoms with van der Waals surface area (Å²) in [5.41, 5.74) is 5.13. The Morgan fingerprint density at radius 2 is 1.15 bits per heavy atom. The number of sulfonamides is 2. The minimum absolute atomic E-state index is 0.0800. The number of Topliss-reactive ketones (excluding diaryl/α,β-unsaturated/α-hetero) is 2. The molecule has 0 radical (unpaired) electrons. The first kappa shape index (κ1) is 44.2. The van der Waals surface area contributed by atoms with Crippen molar-refractivity contribution in [1.29, 1.82) is 0 Å². The molecule has 0 unspecified atom stereocenters. The Balaban J connectivity index is 0.000000190. The van der Waals surface area contributed by atoms with E-state index in [1.165, 1.54) is 36.4 Å². The smallest absolute Gasteiger partial charge is 0.326 e. The van der Waals surface area contributed by atoms with Gasteiger partial charge in [0.25, 0.3) is 0 Å². The fourth-order valence-electron chi connectivity index (χ4n) is 7.49. The van der Waals surface area contributed by atoms with Crippen LogP contribution in [-0.4, -0.2) is 60.0 Å². The number of ketones is 2. The van der Waals surface area contributed by atoms with Crippen LogP contribution in [0.3, 0.4) is 0 Å².